The number of hydrogen-bond donors (Lipinski definition) is 1. The summed E-state index contributed by atoms with van der Waals surface area (Å²) in [5, 5.41) is 3.10. The molecule has 0 aromatic carbocycles. The highest BCUT2D eigenvalue weighted by atomic mass is 32.2. The lowest BCUT2D eigenvalue weighted by Crippen LogP contribution is -2.53. The molecule has 1 aliphatic rings. The Bertz CT molecular complexity index is 391. The summed E-state index contributed by atoms with van der Waals surface area (Å²) in [6.45, 7) is 7.47. The van der Waals surface area contributed by atoms with E-state index in [0.29, 0.717) is 19.7 Å². The normalized spacial score (nSPS) is 21.9. The molecule has 1 heterocycles. The maximum absolute atomic E-state index is 12.3. The molecule has 1 aliphatic heterocycles. The number of hydrogen-bond acceptors (Lipinski definition) is 5. The molecule has 0 aromatic heterocycles. The molecule has 0 radical (unpaired) electrons. The topological polar surface area (TPSA) is 75.7 Å². The number of sulfone groups is 1. The van der Waals surface area contributed by atoms with Gasteiger partial charge in [-0.2, -0.15) is 0 Å². The van der Waals surface area contributed by atoms with Gasteiger partial charge in [-0.15, -0.1) is 0 Å². The standard InChI is InChI=1S/C12H24N2O4S/c1-4-14(10(3)9-19(16,17)5-2)12(15)11-8-13-6-7-18-11/h10-11,13H,4-9H2,1-3H3. The van der Waals surface area contributed by atoms with Crippen LogP contribution in [0.3, 0.4) is 0 Å². The first-order valence-corrected chi connectivity index (χ1v) is 8.56. The maximum atomic E-state index is 12.3. The van der Waals surface area contributed by atoms with Gasteiger partial charge in [0.1, 0.15) is 6.10 Å². The summed E-state index contributed by atoms with van der Waals surface area (Å²) in [5.74, 6) is -0.0261. The second kappa shape index (κ2) is 7.21. The first-order chi connectivity index (χ1) is 8.91. The maximum Gasteiger partial charge on any atom is 0.253 e. The predicted octanol–water partition coefficient (Wildman–Crippen LogP) is -0.353. The van der Waals surface area contributed by atoms with Gasteiger partial charge in [-0.25, -0.2) is 8.42 Å². The van der Waals surface area contributed by atoms with Crippen molar-refractivity contribution in [3.8, 4) is 0 Å². The molecule has 0 aromatic rings. The zero-order valence-electron chi connectivity index (χ0n) is 11.9. The smallest absolute Gasteiger partial charge is 0.253 e. The van der Waals surface area contributed by atoms with Crippen LogP contribution in [-0.2, 0) is 19.4 Å². The van der Waals surface area contributed by atoms with Crippen LogP contribution in [0.1, 0.15) is 20.8 Å². The molecule has 1 fully saturated rings. The summed E-state index contributed by atoms with van der Waals surface area (Å²) in [6.07, 6.45) is -0.500. The molecule has 2 atom stereocenters. The van der Waals surface area contributed by atoms with Crippen LogP contribution < -0.4 is 5.32 Å². The summed E-state index contributed by atoms with van der Waals surface area (Å²) in [7, 11) is -3.09. The van der Waals surface area contributed by atoms with E-state index in [1.807, 2.05) is 6.92 Å². The fraction of sp³-hybridized carbons (Fsp3) is 0.917. The Balaban J connectivity index is 2.67. The molecule has 1 rings (SSSR count). The van der Waals surface area contributed by atoms with Gasteiger partial charge < -0.3 is 15.0 Å². The molecular weight excluding hydrogens is 268 g/mol. The van der Waals surface area contributed by atoms with Crippen LogP contribution in [0, 0.1) is 0 Å². The molecule has 0 saturated carbocycles. The molecule has 19 heavy (non-hydrogen) atoms. The number of carbonyl (C=O) groups is 1. The largest absolute Gasteiger partial charge is 0.366 e. The van der Waals surface area contributed by atoms with E-state index in [4.69, 9.17) is 4.74 Å². The van der Waals surface area contributed by atoms with Gasteiger partial charge in [-0.3, -0.25) is 4.79 Å². The van der Waals surface area contributed by atoms with Crippen LogP contribution in [-0.4, -0.2) is 69.1 Å². The summed E-state index contributed by atoms with van der Waals surface area (Å²) >= 11 is 0. The Labute approximate surface area is 115 Å². The van der Waals surface area contributed by atoms with E-state index < -0.39 is 15.9 Å². The summed E-state index contributed by atoms with van der Waals surface area (Å²) in [4.78, 5) is 13.9. The zero-order valence-corrected chi connectivity index (χ0v) is 12.7. The summed E-state index contributed by atoms with van der Waals surface area (Å²) < 4.78 is 28.7. The van der Waals surface area contributed by atoms with Gasteiger partial charge in [0.25, 0.3) is 5.91 Å². The van der Waals surface area contributed by atoms with Crippen LogP contribution in [0.4, 0.5) is 0 Å². The van der Waals surface area contributed by atoms with Crippen molar-refractivity contribution in [2.24, 2.45) is 0 Å². The quantitative estimate of drug-likeness (QED) is 0.724. The van der Waals surface area contributed by atoms with Gasteiger partial charge in [0.05, 0.1) is 12.4 Å². The molecule has 2 unspecified atom stereocenters. The Kier molecular flexibility index (Phi) is 6.22. The lowest BCUT2D eigenvalue weighted by Gasteiger charge is -2.33. The third-order valence-corrected chi connectivity index (χ3v) is 5.16. The van der Waals surface area contributed by atoms with Crippen LogP contribution in [0.25, 0.3) is 0 Å². The third kappa shape index (κ3) is 4.74. The van der Waals surface area contributed by atoms with Crippen molar-refractivity contribution in [3.05, 3.63) is 0 Å². The highest BCUT2D eigenvalue weighted by Gasteiger charge is 2.30. The highest BCUT2D eigenvalue weighted by Crippen LogP contribution is 2.09. The minimum Gasteiger partial charge on any atom is -0.366 e. The molecule has 0 bridgehead atoms. The monoisotopic (exact) mass is 292 g/mol. The van der Waals surface area contributed by atoms with Gasteiger partial charge in [-0.1, -0.05) is 6.92 Å². The van der Waals surface area contributed by atoms with Gasteiger partial charge in [0.15, 0.2) is 9.84 Å². The first kappa shape index (κ1) is 16.4. The molecule has 0 aliphatic carbocycles. The number of likely N-dealkylation sites (N-methyl/N-ethyl adjacent to an activating group) is 1. The number of ether oxygens (including phenoxy) is 1. The van der Waals surface area contributed by atoms with Gasteiger partial charge in [0, 0.05) is 31.4 Å². The SMILES string of the molecule is CCN(C(=O)C1CNCCO1)C(C)CS(=O)(=O)CC. The highest BCUT2D eigenvalue weighted by molar-refractivity contribution is 7.91. The van der Waals surface area contributed by atoms with Crippen molar-refractivity contribution in [3.63, 3.8) is 0 Å². The van der Waals surface area contributed by atoms with Gasteiger partial charge in [-0.05, 0) is 13.8 Å². The van der Waals surface area contributed by atoms with Crippen molar-refractivity contribution in [2.75, 3.05) is 37.7 Å². The minimum absolute atomic E-state index is 0.00320. The fourth-order valence-corrected chi connectivity index (χ4v) is 3.32. The number of nitrogens with one attached hydrogen (secondary N) is 1. The molecule has 1 N–H and O–H groups in total. The van der Waals surface area contributed by atoms with Crippen molar-refractivity contribution >= 4 is 15.7 Å². The molecule has 1 amide bonds. The fourth-order valence-electron chi connectivity index (χ4n) is 2.17. The number of rotatable bonds is 6. The summed E-state index contributed by atoms with van der Waals surface area (Å²) in [6, 6.07) is -0.326. The number of amides is 1. The van der Waals surface area contributed by atoms with E-state index in [1.165, 1.54) is 0 Å². The Morgan fingerprint density at radius 1 is 1.47 bits per heavy atom. The van der Waals surface area contributed by atoms with E-state index in [0.717, 1.165) is 6.54 Å². The van der Waals surface area contributed by atoms with Crippen LogP contribution in [0.2, 0.25) is 0 Å². The van der Waals surface area contributed by atoms with Crippen LogP contribution >= 0.6 is 0 Å². The Morgan fingerprint density at radius 3 is 2.63 bits per heavy atom. The van der Waals surface area contributed by atoms with Gasteiger partial charge >= 0.3 is 0 Å². The Morgan fingerprint density at radius 2 is 2.16 bits per heavy atom. The first-order valence-electron chi connectivity index (χ1n) is 6.74. The zero-order chi connectivity index (χ0) is 14.5. The lowest BCUT2D eigenvalue weighted by molar-refractivity contribution is -0.146. The molecule has 112 valence electrons. The second-order valence-corrected chi connectivity index (χ2v) is 7.13. The number of carbonyl (C=O) groups excluding carboxylic acids is 1. The van der Waals surface area contributed by atoms with Crippen molar-refractivity contribution in [2.45, 2.75) is 32.9 Å². The van der Waals surface area contributed by atoms with Crippen molar-refractivity contribution < 1.29 is 17.9 Å². The summed E-state index contributed by atoms with van der Waals surface area (Å²) in [5.41, 5.74) is 0. The van der Waals surface area contributed by atoms with Crippen molar-refractivity contribution in [1.82, 2.24) is 10.2 Å². The molecule has 0 spiro atoms. The van der Waals surface area contributed by atoms with E-state index in [2.05, 4.69) is 5.32 Å². The number of morpholine rings is 1. The second-order valence-electron chi connectivity index (χ2n) is 4.74. The van der Waals surface area contributed by atoms with Gasteiger partial charge in [0.2, 0.25) is 0 Å². The average molecular weight is 292 g/mol. The van der Waals surface area contributed by atoms with E-state index in [1.54, 1.807) is 18.7 Å². The third-order valence-electron chi connectivity index (χ3n) is 3.29. The molecule has 7 heteroatoms. The van der Waals surface area contributed by atoms with E-state index in [-0.39, 0.29) is 23.5 Å². The molecule has 6 nitrogen and oxygen atoms in total. The van der Waals surface area contributed by atoms with Crippen molar-refractivity contribution in [1.29, 1.82) is 0 Å². The van der Waals surface area contributed by atoms with E-state index in [9.17, 15) is 13.2 Å². The predicted molar refractivity (Wildman–Crippen MR) is 73.8 cm³/mol. The average Bonchev–Trinajstić information content (AvgIpc) is 2.40. The molecule has 1 saturated heterocycles. The Hall–Kier alpha value is -0.660. The molecular formula is C12H24N2O4S. The van der Waals surface area contributed by atoms with Crippen LogP contribution in [0.5, 0.6) is 0 Å². The number of nitrogens with zero attached hydrogens (tertiary/aromatic N) is 1. The van der Waals surface area contributed by atoms with E-state index >= 15 is 0 Å². The minimum atomic E-state index is -3.09. The van der Waals surface area contributed by atoms with Crippen LogP contribution in [0.15, 0.2) is 0 Å². The lowest BCUT2D eigenvalue weighted by atomic mass is 10.2.